The zero-order valence-corrected chi connectivity index (χ0v) is 21.7. The number of methoxy groups -OCH3 is 1. The molecule has 0 atom stereocenters. The number of nitrogens with one attached hydrogen (secondary N) is 3. The largest absolute Gasteiger partial charge is 0.495 e. The summed E-state index contributed by atoms with van der Waals surface area (Å²) in [6, 6.07) is 21.6. The Kier molecular flexibility index (Phi) is 8.76. The summed E-state index contributed by atoms with van der Waals surface area (Å²) in [5.41, 5.74) is 3.52. The van der Waals surface area contributed by atoms with Gasteiger partial charge in [0.25, 0.3) is 0 Å². The first-order valence-corrected chi connectivity index (χ1v) is 14.0. The zero-order chi connectivity index (χ0) is 26.1. The van der Waals surface area contributed by atoms with E-state index in [-0.39, 0.29) is 5.75 Å². The Morgan fingerprint density at radius 3 is 2.43 bits per heavy atom. The molecule has 0 aliphatic heterocycles. The van der Waals surface area contributed by atoms with Gasteiger partial charge in [-0.3, -0.25) is 0 Å². The summed E-state index contributed by atoms with van der Waals surface area (Å²) in [4.78, 5) is 8.85. The van der Waals surface area contributed by atoms with Gasteiger partial charge in [-0.1, -0.05) is 30.3 Å². The molecule has 3 aromatic carbocycles. The van der Waals surface area contributed by atoms with Crippen LogP contribution in [0.15, 0.2) is 73.1 Å². The van der Waals surface area contributed by atoms with Crippen LogP contribution < -0.4 is 25.4 Å². The standard InChI is InChI=1S/C27H31N5O4S/c1-35-26-17-24-23(16-25(26)29-13-12-28-14-15-37(2,33)34)27(31-19-30-24)32-21-8-10-22(11-9-21)36-18-20-6-4-3-5-7-20/h3-11,16-17,19,28-29H,12-15,18H2,1-2H3,(H,30,31,32). The van der Waals surface area contributed by atoms with Gasteiger partial charge in [0, 0.05) is 43.0 Å². The number of sulfone groups is 1. The van der Waals surface area contributed by atoms with Crippen LogP contribution >= 0.6 is 0 Å². The molecule has 0 aliphatic rings. The summed E-state index contributed by atoms with van der Waals surface area (Å²) >= 11 is 0. The molecule has 1 aromatic heterocycles. The molecule has 0 spiro atoms. The van der Waals surface area contributed by atoms with Gasteiger partial charge in [-0.05, 0) is 35.9 Å². The fourth-order valence-electron chi connectivity index (χ4n) is 3.67. The fourth-order valence-corrected chi connectivity index (χ4v) is 4.19. The molecule has 4 aromatic rings. The van der Waals surface area contributed by atoms with E-state index >= 15 is 0 Å². The number of hydrogen-bond acceptors (Lipinski definition) is 9. The Labute approximate surface area is 217 Å². The third kappa shape index (κ3) is 7.80. The van der Waals surface area contributed by atoms with Crippen molar-refractivity contribution in [3.8, 4) is 11.5 Å². The van der Waals surface area contributed by atoms with Crippen molar-refractivity contribution in [2.24, 2.45) is 0 Å². The summed E-state index contributed by atoms with van der Waals surface area (Å²) < 4.78 is 33.9. The van der Waals surface area contributed by atoms with Crippen molar-refractivity contribution < 1.29 is 17.9 Å². The topological polar surface area (TPSA) is 114 Å². The summed E-state index contributed by atoms with van der Waals surface area (Å²) in [6.07, 6.45) is 2.75. The van der Waals surface area contributed by atoms with Crippen molar-refractivity contribution in [3.63, 3.8) is 0 Å². The van der Waals surface area contributed by atoms with Crippen LogP contribution in [0.1, 0.15) is 5.56 Å². The van der Waals surface area contributed by atoms with E-state index in [0.717, 1.165) is 33.6 Å². The SMILES string of the molecule is COc1cc2ncnc(Nc3ccc(OCc4ccccc4)cc3)c2cc1NCCNCCS(C)(=O)=O. The van der Waals surface area contributed by atoms with E-state index in [0.29, 0.717) is 37.8 Å². The van der Waals surface area contributed by atoms with Crippen molar-refractivity contribution in [1.29, 1.82) is 0 Å². The van der Waals surface area contributed by atoms with Crippen molar-refractivity contribution in [3.05, 3.63) is 78.6 Å². The maximum Gasteiger partial charge on any atom is 0.148 e. The van der Waals surface area contributed by atoms with Gasteiger partial charge in [-0.15, -0.1) is 0 Å². The highest BCUT2D eigenvalue weighted by molar-refractivity contribution is 7.90. The van der Waals surface area contributed by atoms with Crippen LogP contribution in [-0.2, 0) is 16.4 Å². The van der Waals surface area contributed by atoms with Crippen molar-refractivity contribution in [1.82, 2.24) is 15.3 Å². The van der Waals surface area contributed by atoms with Crippen LogP contribution in [0.25, 0.3) is 10.9 Å². The van der Waals surface area contributed by atoms with E-state index in [1.165, 1.54) is 12.6 Å². The van der Waals surface area contributed by atoms with Crippen molar-refractivity contribution >= 4 is 37.9 Å². The van der Waals surface area contributed by atoms with E-state index in [1.54, 1.807) is 7.11 Å². The number of hydrogen-bond donors (Lipinski definition) is 3. The Hall–Kier alpha value is -3.89. The number of ether oxygens (including phenoxy) is 2. The molecule has 1 heterocycles. The zero-order valence-electron chi connectivity index (χ0n) is 20.9. The van der Waals surface area contributed by atoms with Gasteiger partial charge in [0.05, 0.1) is 24.1 Å². The van der Waals surface area contributed by atoms with Crippen LogP contribution in [-0.4, -0.2) is 57.1 Å². The Bertz CT molecular complexity index is 1410. The lowest BCUT2D eigenvalue weighted by atomic mass is 10.2. The van der Waals surface area contributed by atoms with Gasteiger partial charge in [-0.2, -0.15) is 0 Å². The molecule has 4 rings (SSSR count). The van der Waals surface area contributed by atoms with E-state index in [9.17, 15) is 8.42 Å². The van der Waals surface area contributed by atoms with Crippen LogP contribution in [0.2, 0.25) is 0 Å². The van der Waals surface area contributed by atoms with Gasteiger partial charge in [0.1, 0.15) is 40.1 Å². The molecule has 0 saturated heterocycles. The predicted molar refractivity (Wildman–Crippen MR) is 148 cm³/mol. The van der Waals surface area contributed by atoms with E-state index in [2.05, 4.69) is 25.9 Å². The Morgan fingerprint density at radius 2 is 1.70 bits per heavy atom. The van der Waals surface area contributed by atoms with Crippen LogP contribution in [0.4, 0.5) is 17.2 Å². The Balaban J connectivity index is 1.42. The molecule has 9 nitrogen and oxygen atoms in total. The number of anilines is 3. The maximum absolute atomic E-state index is 11.3. The smallest absolute Gasteiger partial charge is 0.148 e. The molecule has 194 valence electrons. The average molecular weight is 522 g/mol. The van der Waals surface area contributed by atoms with Crippen molar-refractivity contribution in [2.75, 3.05) is 49.4 Å². The molecule has 0 fully saturated rings. The Morgan fingerprint density at radius 1 is 0.919 bits per heavy atom. The molecule has 3 N–H and O–H groups in total. The van der Waals surface area contributed by atoms with Gasteiger partial charge < -0.3 is 25.4 Å². The fraction of sp³-hybridized carbons (Fsp3) is 0.259. The molecule has 0 unspecified atom stereocenters. The summed E-state index contributed by atoms with van der Waals surface area (Å²) in [7, 11) is -1.37. The molecule has 0 amide bonds. The third-order valence-corrected chi connectivity index (χ3v) is 6.53. The molecular weight excluding hydrogens is 490 g/mol. The normalized spacial score (nSPS) is 11.3. The first kappa shape index (κ1) is 26.2. The quantitative estimate of drug-likeness (QED) is 0.225. The minimum Gasteiger partial charge on any atom is -0.495 e. The molecule has 10 heteroatoms. The number of nitrogens with zero attached hydrogens (tertiary/aromatic N) is 2. The summed E-state index contributed by atoms with van der Waals surface area (Å²) in [5.74, 6) is 2.22. The summed E-state index contributed by atoms with van der Waals surface area (Å²) in [5, 5.41) is 10.7. The predicted octanol–water partition coefficient (Wildman–Crippen LogP) is 4.01. The monoisotopic (exact) mass is 521 g/mol. The number of aromatic nitrogens is 2. The first-order valence-electron chi connectivity index (χ1n) is 11.9. The molecule has 37 heavy (non-hydrogen) atoms. The lowest BCUT2D eigenvalue weighted by molar-refractivity contribution is 0.306. The van der Waals surface area contributed by atoms with Crippen LogP contribution in [0.3, 0.4) is 0 Å². The number of rotatable bonds is 13. The van der Waals surface area contributed by atoms with Crippen LogP contribution in [0.5, 0.6) is 11.5 Å². The molecule has 0 radical (unpaired) electrons. The lowest BCUT2D eigenvalue weighted by Crippen LogP contribution is -2.27. The minimum atomic E-state index is -2.98. The van der Waals surface area contributed by atoms with Crippen molar-refractivity contribution in [2.45, 2.75) is 6.61 Å². The van der Waals surface area contributed by atoms with E-state index in [4.69, 9.17) is 9.47 Å². The van der Waals surface area contributed by atoms with Gasteiger partial charge in [0.2, 0.25) is 0 Å². The average Bonchev–Trinajstić information content (AvgIpc) is 2.90. The second-order valence-corrected chi connectivity index (χ2v) is 10.8. The third-order valence-electron chi connectivity index (χ3n) is 5.59. The first-order chi connectivity index (χ1) is 17.9. The van der Waals surface area contributed by atoms with E-state index in [1.807, 2.05) is 66.7 Å². The highest BCUT2D eigenvalue weighted by Crippen LogP contribution is 2.33. The van der Waals surface area contributed by atoms with Crippen LogP contribution in [0, 0.1) is 0 Å². The second kappa shape index (κ2) is 12.4. The molecule has 0 saturated carbocycles. The number of benzene rings is 3. The van der Waals surface area contributed by atoms with Gasteiger partial charge in [0.15, 0.2) is 0 Å². The van der Waals surface area contributed by atoms with E-state index < -0.39 is 9.84 Å². The number of fused-ring (bicyclic) bond motifs is 1. The maximum atomic E-state index is 11.3. The minimum absolute atomic E-state index is 0.110. The molecular formula is C27H31N5O4S. The van der Waals surface area contributed by atoms with Gasteiger partial charge in [-0.25, -0.2) is 18.4 Å². The molecule has 0 aliphatic carbocycles. The van der Waals surface area contributed by atoms with Gasteiger partial charge >= 0.3 is 0 Å². The second-order valence-electron chi connectivity index (χ2n) is 8.52. The molecule has 0 bridgehead atoms. The highest BCUT2D eigenvalue weighted by atomic mass is 32.2. The highest BCUT2D eigenvalue weighted by Gasteiger charge is 2.11. The summed E-state index contributed by atoms with van der Waals surface area (Å²) in [6.45, 7) is 2.11. The lowest BCUT2D eigenvalue weighted by Gasteiger charge is -2.15.